The first-order valence-electron chi connectivity index (χ1n) is 13.0. The van der Waals surface area contributed by atoms with E-state index in [-0.39, 0.29) is 18.1 Å². The summed E-state index contributed by atoms with van der Waals surface area (Å²) in [6.45, 7) is 12.6. The summed E-state index contributed by atoms with van der Waals surface area (Å²) in [7, 11) is 0. The van der Waals surface area contributed by atoms with Gasteiger partial charge < -0.3 is 19.3 Å². The first kappa shape index (κ1) is 26.0. The van der Waals surface area contributed by atoms with Gasteiger partial charge in [0.1, 0.15) is 17.5 Å². The van der Waals surface area contributed by atoms with Crippen molar-refractivity contribution in [1.29, 1.82) is 0 Å². The number of rotatable bonds is 5. The summed E-state index contributed by atoms with van der Waals surface area (Å²) in [5, 5.41) is 0. The van der Waals surface area contributed by atoms with E-state index in [0.29, 0.717) is 31.7 Å². The third-order valence-electron chi connectivity index (χ3n) is 6.68. The Bertz CT molecular complexity index is 1010. The molecule has 2 aromatic rings. The van der Waals surface area contributed by atoms with Gasteiger partial charge >= 0.3 is 6.09 Å². The van der Waals surface area contributed by atoms with Crippen LogP contribution in [0, 0.1) is 6.92 Å². The molecule has 0 radical (unpaired) electrons. The maximum Gasteiger partial charge on any atom is 0.410 e. The van der Waals surface area contributed by atoms with Gasteiger partial charge in [-0.15, -0.1) is 0 Å². The van der Waals surface area contributed by atoms with E-state index in [0.717, 1.165) is 38.2 Å². The van der Waals surface area contributed by atoms with Crippen LogP contribution < -0.4 is 4.74 Å². The van der Waals surface area contributed by atoms with Crippen LogP contribution in [0.2, 0.25) is 0 Å². The Morgan fingerprint density at radius 2 is 1.42 bits per heavy atom. The maximum absolute atomic E-state index is 13.0. The Morgan fingerprint density at radius 3 is 2.00 bits per heavy atom. The number of carbonyl (C=O) groups excluding carboxylic acids is 2. The summed E-state index contributed by atoms with van der Waals surface area (Å²) in [4.78, 5) is 31.2. The Labute approximate surface area is 215 Å². The number of hydrogen-bond acceptors (Lipinski definition) is 5. The van der Waals surface area contributed by atoms with Crippen molar-refractivity contribution in [1.82, 2.24) is 14.7 Å². The second-order valence-corrected chi connectivity index (χ2v) is 10.9. The Morgan fingerprint density at radius 1 is 0.833 bits per heavy atom. The Balaban J connectivity index is 1.21. The summed E-state index contributed by atoms with van der Waals surface area (Å²) >= 11 is 0. The van der Waals surface area contributed by atoms with E-state index in [9.17, 15) is 9.59 Å². The number of piperazine rings is 1. The van der Waals surface area contributed by atoms with Crippen LogP contribution in [0.1, 0.15) is 55.1 Å². The molecule has 0 bridgehead atoms. The molecule has 2 aliphatic heterocycles. The second kappa shape index (κ2) is 11.3. The summed E-state index contributed by atoms with van der Waals surface area (Å²) in [6.07, 6.45) is 1.86. The van der Waals surface area contributed by atoms with Crippen molar-refractivity contribution in [2.24, 2.45) is 0 Å². The zero-order chi connectivity index (χ0) is 25.7. The van der Waals surface area contributed by atoms with Gasteiger partial charge in [-0.2, -0.15) is 0 Å². The molecule has 36 heavy (non-hydrogen) atoms. The molecule has 0 spiro atoms. The molecule has 7 heteroatoms. The van der Waals surface area contributed by atoms with Crippen LogP contribution in [-0.4, -0.2) is 77.7 Å². The quantitative estimate of drug-likeness (QED) is 0.603. The normalized spacial score (nSPS) is 17.7. The maximum atomic E-state index is 13.0. The minimum absolute atomic E-state index is 0.0187. The lowest BCUT2D eigenvalue weighted by atomic mass is 10.1. The number of hydrogen-bond donors (Lipinski definition) is 0. The monoisotopic (exact) mass is 493 g/mol. The number of nitrogens with zero attached hydrogens (tertiary/aromatic N) is 3. The van der Waals surface area contributed by atoms with Crippen molar-refractivity contribution in [3.05, 3.63) is 65.2 Å². The molecular formula is C29H39N3O4. The molecule has 194 valence electrons. The van der Waals surface area contributed by atoms with Gasteiger partial charge in [0.2, 0.25) is 0 Å². The van der Waals surface area contributed by atoms with E-state index in [1.165, 1.54) is 11.1 Å². The number of likely N-dealkylation sites (tertiary alicyclic amines) is 1. The third-order valence-corrected chi connectivity index (χ3v) is 6.68. The standard InChI is InChI=1S/C29H39N3O4/c1-22-5-7-23(8-6-22)21-30-15-13-26(14-16-30)35-25-11-9-24(10-12-25)27(33)31-17-19-32(20-18-31)28(34)36-29(2,3)4/h5-12,26H,13-21H2,1-4H3. The molecule has 0 saturated carbocycles. The van der Waals surface area contributed by atoms with Gasteiger partial charge in [-0.05, 0) is 70.4 Å². The highest BCUT2D eigenvalue weighted by Crippen LogP contribution is 2.22. The van der Waals surface area contributed by atoms with E-state index in [1.54, 1.807) is 9.80 Å². The average Bonchev–Trinajstić information content (AvgIpc) is 2.86. The van der Waals surface area contributed by atoms with Gasteiger partial charge in [0.05, 0.1) is 0 Å². The number of amides is 2. The van der Waals surface area contributed by atoms with Crippen molar-refractivity contribution in [2.75, 3.05) is 39.3 Å². The second-order valence-electron chi connectivity index (χ2n) is 10.9. The predicted molar refractivity (Wildman–Crippen MR) is 140 cm³/mol. The average molecular weight is 494 g/mol. The Kier molecular flexibility index (Phi) is 8.19. The van der Waals surface area contributed by atoms with E-state index >= 15 is 0 Å². The number of aryl methyl sites for hydroxylation is 1. The number of carbonyl (C=O) groups is 2. The minimum atomic E-state index is -0.522. The molecule has 2 aromatic carbocycles. The number of benzene rings is 2. The molecule has 0 aromatic heterocycles. The van der Waals surface area contributed by atoms with E-state index < -0.39 is 5.60 Å². The van der Waals surface area contributed by atoms with Crippen LogP contribution in [0.25, 0.3) is 0 Å². The summed E-state index contributed by atoms with van der Waals surface area (Å²) in [5.41, 5.74) is 2.76. The summed E-state index contributed by atoms with van der Waals surface area (Å²) in [6, 6.07) is 16.2. The van der Waals surface area contributed by atoms with Crippen molar-refractivity contribution in [3.8, 4) is 5.75 Å². The van der Waals surface area contributed by atoms with Gasteiger partial charge in [-0.3, -0.25) is 9.69 Å². The zero-order valence-electron chi connectivity index (χ0n) is 22.0. The largest absolute Gasteiger partial charge is 0.490 e. The molecule has 2 fully saturated rings. The first-order chi connectivity index (χ1) is 17.2. The fraction of sp³-hybridized carbons (Fsp3) is 0.517. The molecule has 0 atom stereocenters. The molecule has 2 amide bonds. The fourth-order valence-corrected chi connectivity index (χ4v) is 4.61. The molecule has 2 saturated heterocycles. The molecule has 0 aliphatic carbocycles. The lowest BCUT2D eigenvalue weighted by Gasteiger charge is -2.35. The number of ether oxygens (including phenoxy) is 2. The van der Waals surface area contributed by atoms with Crippen molar-refractivity contribution < 1.29 is 19.1 Å². The van der Waals surface area contributed by atoms with Crippen molar-refractivity contribution >= 4 is 12.0 Å². The van der Waals surface area contributed by atoms with Crippen LogP contribution in [0.3, 0.4) is 0 Å². The smallest absolute Gasteiger partial charge is 0.410 e. The minimum Gasteiger partial charge on any atom is -0.490 e. The highest BCUT2D eigenvalue weighted by molar-refractivity contribution is 5.94. The van der Waals surface area contributed by atoms with Gasteiger partial charge in [0.15, 0.2) is 0 Å². The third kappa shape index (κ3) is 7.23. The van der Waals surface area contributed by atoms with Gasteiger partial charge in [0.25, 0.3) is 5.91 Å². The van der Waals surface area contributed by atoms with Crippen molar-refractivity contribution in [2.45, 2.75) is 58.8 Å². The lowest BCUT2D eigenvalue weighted by Crippen LogP contribution is -2.51. The van der Waals surface area contributed by atoms with E-state index in [1.807, 2.05) is 45.0 Å². The molecule has 7 nitrogen and oxygen atoms in total. The van der Waals surface area contributed by atoms with Crippen LogP contribution in [-0.2, 0) is 11.3 Å². The molecule has 2 aliphatic rings. The Hall–Kier alpha value is -3.06. The molecule has 4 rings (SSSR count). The molecule has 0 unspecified atom stereocenters. The van der Waals surface area contributed by atoms with Crippen LogP contribution in [0.15, 0.2) is 48.5 Å². The zero-order valence-corrected chi connectivity index (χ0v) is 22.0. The summed E-state index contributed by atoms with van der Waals surface area (Å²) in [5.74, 6) is 0.785. The lowest BCUT2D eigenvalue weighted by molar-refractivity contribution is 0.0141. The van der Waals surface area contributed by atoms with Crippen molar-refractivity contribution in [3.63, 3.8) is 0 Å². The van der Waals surface area contributed by atoms with Crippen LogP contribution in [0.4, 0.5) is 4.79 Å². The van der Waals surface area contributed by atoms with Crippen LogP contribution in [0.5, 0.6) is 5.75 Å². The molecular weight excluding hydrogens is 454 g/mol. The molecule has 0 N–H and O–H groups in total. The van der Waals surface area contributed by atoms with E-state index in [4.69, 9.17) is 9.47 Å². The fourth-order valence-electron chi connectivity index (χ4n) is 4.61. The van der Waals surface area contributed by atoms with Crippen LogP contribution >= 0.6 is 0 Å². The van der Waals surface area contributed by atoms with Gasteiger partial charge in [0, 0.05) is 51.4 Å². The predicted octanol–water partition coefficient (Wildman–Crippen LogP) is 4.73. The van der Waals surface area contributed by atoms with E-state index in [2.05, 4.69) is 36.1 Å². The number of piperidine rings is 1. The first-order valence-corrected chi connectivity index (χ1v) is 13.0. The highest BCUT2D eigenvalue weighted by atomic mass is 16.6. The summed E-state index contributed by atoms with van der Waals surface area (Å²) < 4.78 is 11.7. The highest BCUT2D eigenvalue weighted by Gasteiger charge is 2.28. The SMILES string of the molecule is Cc1ccc(CN2CCC(Oc3ccc(C(=O)N4CCN(C(=O)OC(C)(C)C)CC4)cc3)CC2)cc1. The molecule has 2 heterocycles. The van der Waals surface area contributed by atoms with Gasteiger partial charge in [-0.1, -0.05) is 29.8 Å². The topological polar surface area (TPSA) is 62.3 Å². The van der Waals surface area contributed by atoms with Gasteiger partial charge in [-0.25, -0.2) is 4.79 Å².